The number of nitrogen functional groups attached to an aromatic ring is 1. The summed E-state index contributed by atoms with van der Waals surface area (Å²) in [7, 11) is 3.07. The van der Waals surface area contributed by atoms with Crippen molar-refractivity contribution < 1.29 is 13.9 Å². The van der Waals surface area contributed by atoms with Gasteiger partial charge in [-0.15, -0.1) is 0 Å². The third-order valence-corrected chi connectivity index (χ3v) is 2.69. The van der Waals surface area contributed by atoms with E-state index in [1.165, 1.54) is 20.3 Å². The summed E-state index contributed by atoms with van der Waals surface area (Å²) in [4.78, 5) is 0. The fraction of sp³-hybridized carbons (Fsp3) is 0.143. The lowest BCUT2D eigenvalue weighted by atomic mass is 10.0. The van der Waals surface area contributed by atoms with Crippen LogP contribution in [0.2, 0.25) is 0 Å². The predicted molar refractivity (Wildman–Crippen MR) is 69.4 cm³/mol. The first-order valence-electron chi connectivity index (χ1n) is 5.43. The molecule has 0 aliphatic heterocycles. The van der Waals surface area contributed by atoms with E-state index in [0.29, 0.717) is 28.3 Å². The Bertz CT molecular complexity index is 547. The molecule has 2 N–H and O–H groups in total. The van der Waals surface area contributed by atoms with Gasteiger partial charge < -0.3 is 15.2 Å². The van der Waals surface area contributed by atoms with Gasteiger partial charge in [0, 0.05) is 11.3 Å². The molecule has 0 fully saturated rings. The van der Waals surface area contributed by atoms with Gasteiger partial charge >= 0.3 is 0 Å². The summed E-state index contributed by atoms with van der Waals surface area (Å²) in [5, 5.41) is 0. The van der Waals surface area contributed by atoms with Crippen LogP contribution in [0.1, 0.15) is 0 Å². The zero-order valence-corrected chi connectivity index (χ0v) is 10.2. The van der Waals surface area contributed by atoms with Gasteiger partial charge in [0.15, 0.2) is 0 Å². The number of ether oxygens (including phenoxy) is 2. The first-order valence-corrected chi connectivity index (χ1v) is 5.43. The first kappa shape index (κ1) is 12.2. The van der Waals surface area contributed by atoms with Crippen LogP contribution in [0.25, 0.3) is 11.1 Å². The van der Waals surface area contributed by atoms with Gasteiger partial charge in [-0.1, -0.05) is 6.07 Å². The second-order valence-corrected chi connectivity index (χ2v) is 3.78. The van der Waals surface area contributed by atoms with Crippen LogP contribution in [0.15, 0.2) is 36.4 Å². The molecule has 0 amide bonds. The van der Waals surface area contributed by atoms with Crippen molar-refractivity contribution in [2.75, 3.05) is 20.0 Å². The average molecular weight is 247 g/mol. The molecule has 0 unspecified atom stereocenters. The van der Waals surface area contributed by atoms with Crippen molar-refractivity contribution in [1.29, 1.82) is 0 Å². The van der Waals surface area contributed by atoms with E-state index in [4.69, 9.17) is 15.2 Å². The molecule has 4 heteroatoms. The van der Waals surface area contributed by atoms with Gasteiger partial charge in [0.05, 0.1) is 19.8 Å². The van der Waals surface area contributed by atoms with Crippen LogP contribution in [0.3, 0.4) is 0 Å². The van der Waals surface area contributed by atoms with Gasteiger partial charge in [-0.25, -0.2) is 4.39 Å². The van der Waals surface area contributed by atoms with Gasteiger partial charge in [0.25, 0.3) is 0 Å². The maximum atomic E-state index is 14.0. The molecule has 0 aliphatic carbocycles. The quantitative estimate of drug-likeness (QED) is 0.848. The molecule has 0 heterocycles. The average Bonchev–Trinajstić information content (AvgIpc) is 2.38. The number of anilines is 1. The number of methoxy groups -OCH3 is 2. The Labute approximate surface area is 105 Å². The smallest absolute Gasteiger partial charge is 0.133 e. The highest BCUT2D eigenvalue weighted by atomic mass is 19.1. The largest absolute Gasteiger partial charge is 0.496 e. The van der Waals surface area contributed by atoms with Gasteiger partial charge in [-0.05, 0) is 30.3 Å². The van der Waals surface area contributed by atoms with E-state index >= 15 is 0 Å². The van der Waals surface area contributed by atoms with Crippen molar-refractivity contribution in [3.63, 3.8) is 0 Å². The Kier molecular flexibility index (Phi) is 3.37. The number of rotatable bonds is 3. The maximum Gasteiger partial charge on any atom is 0.133 e. The van der Waals surface area contributed by atoms with Crippen LogP contribution < -0.4 is 15.2 Å². The third-order valence-electron chi connectivity index (χ3n) is 2.69. The zero-order chi connectivity index (χ0) is 13.1. The molecule has 2 rings (SSSR count). The Morgan fingerprint density at radius 2 is 1.61 bits per heavy atom. The third kappa shape index (κ3) is 2.09. The molecule has 0 atom stereocenters. The SMILES string of the molecule is COc1cccc(OC)c1-c1ccc(N)cc1F. The molecule has 18 heavy (non-hydrogen) atoms. The summed E-state index contributed by atoms with van der Waals surface area (Å²) >= 11 is 0. The highest BCUT2D eigenvalue weighted by Crippen LogP contribution is 2.39. The fourth-order valence-electron chi connectivity index (χ4n) is 1.85. The number of hydrogen-bond acceptors (Lipinski definition) is 3. The molecule has 0 spiro atoms. The first-order chi connectivity index (χ1) is 8.67. The molecule has 0 aliphatic rings. The number of hydrogen-bond donors (Lipinski definition) is 1. The maximum absolute atomic E-state index is 14.0. The second-order valence-electron chi connectivity index (χ2n) is 3.78. The van der Waals surface area contributed by atoms with Crippen LogP contribution in [0, 0.1) is 5.82 Å². The van der Waals surface area contributed by atoms with Crippen LogP contribution in [0.4, 0.5) is 10.1 Å². The summed E-state index contributed by atoms with van der Waals surface area (Å²) in [5.74, 6) is 0.703. The molecule has 3 nitrogen and oxygen atoms in total. The van der Waals surface area contributed by atoms with E-state index < -0.39 is 5.82 Å². The lowest BCUT2D eigenvalue weighted by Crippen LogP contribution is -1.96. The van der Waals surface area contributed by atoms with Gasteiger partial charge in [0.2, 0.25) is 0 Å². The van der Waals surface area contributed by atoms with Crippen molar-refractivity contribution in [2.24, 2.45) is 0 Å². The van der Waals surface area contributed by atoms with E-state index in [1.54, 1.807) is 30.3 Å². The summed E-state index contributed by atoms with van der Waals surface area (Å²) in [5.41, 5.74) is 6.91. The standard InChI is InChI=1S/C14H14FNO2/c1-17-12-4-3-5-13(18-2)14(12)10-7-6-9(16)8-11(10)15/h3-8H,16H2,1-2H3. The number of nitrogens with two attached hydrogens (primary N) is 1. The molecular weight excluding hydrogens is 233 g/mol. The molecule has 0 saturated heterocycles. The van der Waals surface area contributed by atoms with E-state index in [0.717, 1.165) is 0 Å². The summed E-state index contributed by atoms with van der Waals surface area (Å²) in [6.45, 7) is 0. The topological polar surface area (TPSA) is 44.5 Å². The Morgan fingerprint density at radius 1 is 1.00 bits per heavy atom. The lowest BCUT2D eigenvalue weighted by Gasteiger charge is -2.14. The minimum absolute atomic E-state index is 0.380. The molecule has 0 radical (unpaired) electrons. The monoisotopic (exact) mass is 247 g/mol. The molecule has 2 aromatic rings. The minimum atomic E-state index is -0.405. The molecule has 0 saturated carbocycles. The van der Waals surface area contributed by atoms with E-state index in [9.17, 15) is 4.39 Å². The van der Waals surface area contributed by atoms with Crippen LogP contribution in [-0.4, -0.2) is 14.2 Å². The van der Waals surface area contributed by atoms with Crippen molar-refractivity contribution in [2.45, 2.75) is 0 Å². The van der Waals surface area contributed by atoms with Crippen LogP contribution >= 0.6 is 0 Å². The van der Waals surface area contributed by atoms with Gasteiger partial charge in [-0.2, -0.15) is 0 Å². The van der Waals surface area contributed by atoms with Crippen molar-refractivity contribution in [1.82, 2.24) is 0 Å². The summed E-state index contributed by atoms with van der Waals surface area (Å²) in [6.07, 6.45) is 0. The lowest BCUT2D eigenvalue weighted by molar-refractivity contribution is 0.397. The van der Waals surface area contributed by atoms with Crippen molar-refractivity contribution in [3.8, 4) is 22.6 Å². The summed E-state index contributed by atoms with van der Waals surface area (Å²) in [6, 6.07) is 9.84. The van der Waals surface area contributed by atoms with Crippen LogP contribution in [-0.2, 0) is 0 Å². The molecule has 94 valence electrons. The predicted octanol–water partition coefficient (Wildman–Crippen LogP) is 3.09. The van der Waals surface area contributed by atoms with Gasteiger partial charge in [0.1, 0.15) is 17.3 Å². The highest BCUT2D eigenvalue weighted by molar-refractivity contribution is 5.78. The number of halogens is 1. The van der Waals surface area contributed by atoms with Crippen molar-refractivity contribution in [3.05, 3.63) is 42.2 Å². The Hall–Kier alpha value is -2.23. The molecule has 2 aromatic carbocycles. The van der Waals surface area contributed by atoms with Gasteiger partial charge in [-0.3, -0.25) is 0 Å². The van der Waals surface area contributed by atoms with Crippen LogP contribution in [0.5, 0.6) is 11.5 Å². The second kappa shape index (κ2) is 4.96. The van der Waals surface area contributed by atoms with E-state index in [2.05, 4.69) is 0 Å². The fourth-order valence-corrected chi connectivity index (χ4v) is 1.85. The molecular formula is C14H14FNO2. The summed E-state index contributed by atoms with van der Waals surface area (Å²) < 4.78 is 24.5. The highest BCUT2D eigenvalue weighted by Gasteiger charge is 2.15. The zero-order valence-electron chi connectivity index (χ0n) is 10.2. The molecule has 0 aromatic heterocycles. The Balaban J connectivity index is 2.68. The normalized spacial score (nSPS) is 10.2. The van der Waals surface area contributed by atoms with Crippen molar-refractivity contribution >= 4 is 5.69 Å². The molecule has 0 bridgehead atoms. The Morgan fingerprint density at radius 3 is 2.11 bits per heavy atom. The minimum Gasteiger partial charge on any atom is -0.496 e. The number of benzene rings is 2. The van der Waals surface area contributed by atoms with E-state index in [1.807, 2.05) is 0 Å². The van der Waals surface area contributed by atoms with E-state index in [-0.39, 0.29) is 0 Å².